The molecule has 0 aliphatic heterocycles. The summed E-state index contributed by atoms with van der Waals surface area (Å²) >= 11 is 0. The van der Waals surface area contributed by atoms with E-state index in [0.717, 1.165) is 12.1 Å². The van der Waals surface area contributed by atoms with E-state index in [1.807, 2.05) is 0 Å². The molecule has 0 aliphatic carbocycles. The highest BCUT2D eigenvalue weighted by molar-refractivity contribution is 6.05. The lowest BCUT2D eigenvalue weighted by atomic mass is 10.1. The summed E-state index contributed by atoms with van der Waals surface area (Å²) < 4.78 is 82.0. The highest BCUT2D eigenvalue weighted by Crippen LogP contribution is 2.23. The summed E-state index contributed by atoms with van der Waals surface area (Å²) in [6, 6.07) is 9.78. The van der Waals surface area contributed by atoms with Gasteiger partial charge in [-0.15, -0.1) is 13.2 Å². The number of halogens is 6. The summed E-state index contributed by atoms with van der Waals surface area (Å²) in [4.78, 5) is 24.6. The van der Waals surface area contributed by atoms with Crippen LogP contribution in [-0.4, -0.2) is 38.0 Å². The third-order valence-corrected chi connectivity index (χ3v) is 3.92. The molecule has 33 heavy (non-hydrogen) atoms. The quantitative estimate of drug-likeness (QED) is 0.437. The lowest BCUT2D eigenvalue weighted by Gasteiger charge is -2.11. The number of benzene rings is 2. The molecule has 0 heterocycles. The van der Waals surface area contributed by atoms with E-state index in [2.05, 4.69) is 15.4 Å². The maximum Gasteiger partial charge on any atom is 0.573 e. The van der Waals surface area contributed by atoms with Crippen LogP contribution in [0.3, 0.4) is 0 Å². The van der Waals surface area contributed by atoms with E-state index in [9.17, 15) is 35.9 Å². The second-order valence-electron chi connectivity index (χ2n) is 6.45. The van der Waals surface area contributed by atoms with Gasteiger partial charge in [0.15, 0.2) is 0 Å². The molecule has 6 nitrogen and oxygen atoms in total. The lowest BCUT2D eigenvalue weighted by Crippen LogP contribution is -2.33. The van der Waals surface area contributed by atoms with Crippen LogP contribution in [0.2, 0.25) is 0 Å². The lowest BCUT2D eigenvalue weighted by molar-refractivity contribution is -0.274. The third-order valence-electron chi connectivity index (χ3n) is 3.92. The van der Waals surface area contributed by atoms with Gasteiger partial charge in [0.25, 0.3) is 11.8 Å². The fourth-order valence-corrected chi connectivity index (χ4v) is 2.41. The Morgan fingerprint density at radius 1 is 0.909 bits per heavy atom. The van der Waals surface area contributed by atoms with Gasteiger partial charge in [-0.3, -0.25) is 9.59 Å². The van der Waals surface area contributed by atoms with Crippen molar-refractivity contribution < 1.29 is 45.4 Å². The van der Waals surface area contributed by atoms with Gasteiger partial charge in [-0.05, 0) is 48.0 Å². The molecule has 0 spiro atoms. The van der Waals surface area contributed by atoms with Crippen LogP contribution >= 0.6 is 0 Å². The summed E-state index contributed by atoms with van der Waals surface area (Å²) in [7, 11) is 1.32. The Balaban J connectivity index is 2.09. The van der Waals surface area contributed by atoms with Gasteiger partial charge in [-0.2, -0.15) is 13.2 Å². The van der Waals surface area contributed by atoms with Gasteiger partial charge >= 0.3 is 12.5 Å². The van der Waals surface area contributed by atoms with Crippen molar-refractivity contribution in [1.82, 2.24) is 10.6 Å². The molecule has 2 aromatic rings. The number of nitrogens with one attached hydrogen (secondary N) is 2. The minimum atomic E-state index is -4.85. The first-order valence-electron chi connectivity index (χ1n) is 9.27. The predicted octanol–water partition coefficient (Wildman–Crippen LogP) is 4.43. The van der Waals surface area contributed by atoms with E-state index >= 15 is 0 Å². The maximum atomic E-state index is 12.5. The van der Waals surface area contributed by atoms with Crippen molar-refractivity contribution in [1.29, 1.82) is 0 Å². The Kier molecular flexibility index (Phi) is 8.32. The van der Waals surface area contributed by atoms with Crippen LogP contribution in [0.5, 0.6) is 11.5 Å². The molecule has 0 atom stereocenters. The summed E-state index contributed by atoms with van der Waals surface area (Å²) in [6.07, 6.45) is -9.09. The van der Waals surface area contributed by atoms with E-state index in [-0.39, 0.29) is 17.0 Å². The van der Waals surface area contributed by atoms with E-state index in [0.29, 0.717) is 5.56 Å². The number of ether oxygens (including phenoxy) is 2. The van der Waals surface area contributed by atoms with E-state index < -0.39 is 43.1 Å². The number of hydrogen-bond donors (Lipinski definition) is 2. The SMILES string of the molecule is CNC(=O)C(=Cc1ccc(OC(F)(F)F)cc1)NC(=O)c1ccc(OCCC(F)(F)F)cc1. The number of hydrogen-bond acceptors (Lipinski definition) is 4. The third kappa shape index (κ3) is 9.13. The Bertz CT molecular complexity index is 984. The van der Waals surface area contributed by atoms with Gasteiger partial charge in [0.2, 0.25) is 0 Å². The zero-order chi connectivity index (χ0) is 24.6. The smallest absolute Gasteiger partial charge is 0.493 e. The van der Waals surface area contributed by atoms with Crippen molar-refractivity contribution in [3.8, 4) is 11.5 Å². The highest BCUT2D eigenvalue weighted by atomic mass is 19.4. The molecule has 0 aromatic heterocycles. The van der Waals surface area contributed by atoms with Crippen LogP contribution in [0.25, 0.3) is 6.08 Å². The van der Waals surface area contributed by atoms with Crippen molar-refractivity contribution in [2.45, 2.75) is 19.0 Å². The molecule has 0 saturated heterocycles. The van der Waals surface area contributed by atoms with Gasteiger partial charge < -0.3 is 20.1 Å². The summed E-state index contributed by atoms with van der Waals surface area (Å²) in [5.41, 5.74) is 0.191. The largest absolute Gasteiger partial charge is 0.573 e. The molecule has 0 saturated carbocycles. The zero-order valence-electron chi connectivity index (χ0n) is 17.0. The fourth-order valence-electron chi connectivity index (χ4n) is 2.41. The zero-order valence-corrected chi connectivity index (χ0v) is 17.0. The van der Waals surface area contributed by atoms with Crippen molar-refractivity contribution in [3.05, 3.63) is 65.4 Å². The average molecular weight is 476 g/mol. The Morgan fingerprint density at radius 2 is 1.48 bits per heavy atom. The minimum absolute atomic E-state index is 0.0851. The minimum Gasteiger partial charge on any atom is -0.493 e. The summed E-state index contributed by atoms with van der Waals surface area (Å²) in [6.45, 7) is -0.578. The first-order chi connectivity index (χ1) is 15.4. The van der Waals surface area contributed by atoms with Crippen LogP contribution in [0.1, 0.15) is 22.3 Å². The summed E-state index contributed by atoms with van der Waals surface area (Å²) in [5.74, 6) is -1.71. The van der Waals surface area contributed by atoms with Gasteiger partial charge in [0.05, 0.1) is 13.0 Å². The van der Waals surface area contributed by atoms with E-state index in [1.165, 1.54) is 49.5 Å². The molecule has 0 aliphatic rings. The summed E-state index contributed by atoms with van der Waals surface area (Å²) in [5, 5.41) is 4.70. The molecule has 12 heteroatoms. The van der Waals surface area contributed by atoms with Crippen LogP contribution in [-0.2, 0) is 4.79 Å². The monoisotopic (exact) mass is 476 g/mol. The standard InChI is InChI=1S/C21H18F6N2O4/c1-28-19(31)17(12-13-2-6-16(7-3-13)33-21(25,26)27)29-18(30)14-4-8-15(9-5-14)32-11-10-20(22,23)24/h2-9,12H,10-11H2,1H3,(H,28,31)(H,29,30). The molecule has 0 unspecified atom stereocenters. The Hall–Kier alpha value is -3.70. The molecule has 2 rings (SSSR count). The highest BCUT2D eigenvalue weighted by Gasteiger charge is 2.31. The molecular weight excluding hydrogens is 458 g/mol. The van der Waals surface area contributed by atoms with Crippen molar-refractivity contribution in [2.24, 2.45) is 0 Å². The van der Waals surface area contributed by atoms with Gasteiger partial charge in [-0.25, -0.2) is 0 Å². The van der Waals surface area contributed by atoms with Gasteiger partial charge in [-0.1, -0.05) is 12.1 Å². The number of rotatable bonds is 8. The first kappa shape index (κ1) is 25.6. The van der Waals surface area contributed by atoms with E-state index in [1.54, 1.807) is 0 Å². The molecule has 0 fully saturated rings. The molecule has 178 valence electrons. The fraction of sp³-hybridized carbons (Fsp3) is 0.238. The average Bonchev–Trinajstić information content (AvgIpc) is 2.72. The van der Waals surface area contributed by atoms with Crippen molar-refractivity contribution in [2.75, 3.05) is 13.7 Å². The van der Waals surface area contributed by atoms with Crippen LogP contribution in [0.15, 0.2) is 54.2 Å². The van der Waals surface area contributed by atoms with Crippen molar-refractivity contribution >= 4 is 17.9 Å². The molecule has 2 aromatic carbocycles. The molecular formula is C21H18F6N2O4. The normalized spacial score (nSPS) is 12.2. The predicted molar refractivity (Wildman–Crippen MR) is 105 cm³/mol. The molecule has 0 bridgehead atoms. The Morgan fingerprint density at radius 3 is 2.00 bits per heavy atom. The number of likely N-dealkylation sites (N-methyl/N-ethyl adjacent to an activating group) is 1. The number of amides is 2. The number of carbonyl (C=O) groups is 2. The van der Waals surface area contributed by atoms with Gasteiger partial charge in [0, 0.05) is 12.6 Å². The molecule has 2 N–H and O–H groups in total. The second-order valence-corrected chi connectivity index (χ2v) is 6.45. The second kappa shape index (κ2) is 10.7. The van der Waals surface area contributed by atoms with Crippen LogP contribution in [0.4, 0.5) is 26.3 Å². The molecule has 0 radical (unpaired) electrons. The van der Waals surface area contributed by atoms with E-state index in [4.69, 9.17) is 4.74 Å². The van der Waals surface area contributed by atoms with Crippen molar-refractivity contribution in [3.63, 3.8) is 0 Å². The van der Waals surface area contributed by atoms with Gasteiger partial charge in [0.1, 0.15) is 17.2 Å². The van der Waals surface area contributed by atoms with Crippen LogP contribution < -0.4 is 20.1 Å². The molecule has 2 amide bonds. The maximum absolute atomic E-state index is 12.5. The van der Waals surface area contributed by atoms with Crippen LogP contribution in [0, 0.1) is 0 Å². The Labute approximate surface area is 184 Å². The number of alkyl halides is 6. The number of carbonyl (C=O) groups excluding carboxylic acids is 2. The topological polar surface area (TPSA) is 76.7 Å². The first-order valence-corrected chi connectivity index (χ1v) is 9.27.